The van der Waals surface area contributed by atoms with Gasteiger partial charge < -0.3 is 10.2 Å². The maximum absolute atomic E-state index is 9.62. The van der Waals surface area contributed by atoms with Crippen LogP contribution in [0.2, 0.25) is 0 Å². The van der Waals surface area contributed by atoms with Crippen LogP contribution in [0.15, 0.2) is 36.4 Å². The zero-order chi connectivity index (χ0) is 13.1. The molecule has 0 saturated carbocycles. The minimum Gasteiger partial charge on any atom is -0.508 e. The van der Waals surface area contributed by atoms with Crippen molar-refractivity contribution in [1.29, 1.82) is 0 Å². The average molecular weight is 242 g/mol. The lowest BCUT2D eigenvalue weighted by atomic mass is 9.91. The van der Waals surface area contributed by atoms with Crippen LogP contribution in [0.4, 0.5) is 0 Å². The molecule has 0 spiro atoms. The number of benzene rings is 2. The summed E-state index contributed by atoms with van der Waals surface area (Å²) in [6, 6.07) is 11.0. The van der Waals surface area contributed by atoms with Crippen LogP contribution in [0.1, 0.15) is 25.0 Å². The molecule has 2 rings (SSSR count). The van der Waals surface area contributed by atoms with Crippen LogP contribution in [0.5, 0.6) is 11.5 Å². The van der Waals surface area contributed by atoms with Crippen molar-refractivity contribution in [1.82, 2.24) is 0 Å². The molecule has 2 N–H and O–H groups in total. The van der Waals surface area contributed by atoms with Crippen molar-refractivity contribution in [3.8, 4) is 22.6 Å². The number of phenolic OH excluding ortho intramolecular Hbond substituents is 2. The van der Waals surface area contributed by atoms with Crippen LogP contribution in [0.3, 0.4) is 0 Å². The molecule has 0 saturated heterocycles. The molecule has 2 aromatic rings. The largest absolute Gasteiger partial charge is 0.508 e. The molecule has 0 amide bonds. The molecular weight excluding hydrogens is 224 g/mol. The van der Waals surface area contributed by atoms with Gasteiger partial charge in [-0.1, -0.05) is 32.0 Å². The molecule has 0 radical (unpaired) electrons. The zero-order valence-electron chi connectivity index (χ0n) is 10.8. The summed E-state index contributed by atoms with van der Waals surface area (Å²) < 4.78 is 0. The molecule has 0 bridgehead atoms. The quantitative estimate of drug-likeness (QED) is 0.857. The van der Waals surface area contributed by atoms with E-state index in [2.05, 4.69) is 32.0 Å². The minimum absolute atomic E-state index is 0.0953. The van der Waals surface area contributed by atoms with Crippen molar-refractivity contribution in [3.05, 3.63) is 47.5 Å². The Hall–Kier alpha value is -1.96. The fourth-order valence-electron chi connectivity index (χ4n) is 2.35. The average Bonchev–Trinajstić information content (AvgIpc) is 2.36. The summed E-state index contributed by atoms with van der Waals surface area (Å²) in [5, 5.41) is 19.2. The maximum Gasteiger partial charge on any atom is 0.119 e. The summed E-state index contributed by atoms with van der Waals surface area (Å²) in [7, 11) is 0. The Balaban J connectivity index is 2.68. The highest BCUT2D eigenvalue weighted by atomic mass is 16.3. The summed E-state index contributed by atoms with van der Waals surface area (Å²) >= 11 is 0. The monoisotopic (exact) mass is 242 g/mol. The second-order valence-corrected chi connectivity index (χ2v) is 4.40. The van der Waals surface area contributed by atoms with E-state index >= 15 is 0 Å². The molecule has 2 heteroatoms. The third kappa shape index (κ3) is 2.33. The Labute approximate surface area is 108 Å². The summed E-state index contributed by atoms with van der Waals surface area (Å²) in [4.78, 5) is 0. The van der Waals surface area contributed by atoms with E-state index in [9.17, 15) is 10.2 Å². The van der Waals surface area contributed by atoms with Crippen LogP contribution in [0.25, 0.3) is 11.1 Å². The Morgan fingerprint density at radius 2 is 1.33 bits per heavy atom. The van der Waals surface area contributed by atoms with Crippen LogP contribution in [-0.4, -0.2) is 10.2 Å². The van der Waals surface area contributed by atoms with Crippen LogP contribution in [-0.2, 0) is 12.8 Å². The van der Waals surface area contributed by atoms with Gasteiger partial charge in [0.1, 0.15) is 11.5 Å². The van der Waals surface area contributed by atoms with Gasteiger partial charge in [-0.15, -0.1) is 0 Å². The van der Waals surface area contributed by atoms with Gasteiger partial charge in [-0.05, 0) is 47.2 Å². The fraction of sp³-hybridized carbons (Fsp3) is 0.250. The Bertz CT molecular complexity index is 517. The molecule has 0 heterocycles. The summed E-state index contributed by atoms with van der Waals surface area (Å²) in [6.45, 7) is 4.22. The number of hydrogen-bond acceptors (Lipinski definition) is 2. The predicted molar refractivity (Wildman–Crippen MR) is 74.0 cm³/mol. The van der Waals surface area contributed by atoms with E-state index < -0.39 is 0 Å². The van der Waals surface area contributed by atoms with Gasteiger partial charge in [0.05, 0.1) is 0 Å². The first kappa shape index (κ1) is 12.5. The van der Waals surface area contributed by atoms with Crippen molar-refractivity contribution < 1.29 is 10.2 Å². The Morgan fingerprint density at radius 1 is 0.833 bits per heavy atom. The Morgan fingerprint density at radius 3 is 1.78 bits per heavy atom. The number of aromatic hydroxyl groups is 2. The van der Waals surface area contributed by atoms with Crippen molar-refractivity contribution >= 4 is 0 Å². The molecule has 2 nitrogen and oxygen atoms in total. The van der Waals surface area contributed by atoms with Gasteiger partial charge in [-0.25, -0.2) is 0 Å². The molecule has 0 aromatic heterocycles. The number of phenols is 2. The van der Waals surface area contributed by atoms with Gasteiger partial charge in [0.25, 0.3) is 0 Å². The van der Waals surface area contributed by atoms with E-state index in [1.807, 2.05) is 0 Å². The van der Waals surface area contributed by atoms with E-state index in [1.54, 1.807) is 12.1 Å². The highest BCUT2D eigenvalue weighted by Gasteiger charge is 2.10. The molecule has 0 fully saturated rings. The molecule has 94 valence electrons. The van der Waals surface area contributed by atoms with Gasteiger partial charge in [-0.2, -0.15) is 0 Å². The van der Waals surface area contributed by atoms with Gasteiger partial charge >= 0.3 is 0 Å². The summed E-state index contributed by atoms with van der Waals surface area (Å²) in [5.74, 6) is 0.191. The smallest absolute Gasteiger partial charge is 0.119 e. The summed E-state index contributed by atoms with van der Waals surface area (Å²) in [5.41, 5.74) is 4.48. The van der Waals surface area contributed by atoms with Gasteiger partial charge in [0, 0.05) is 6.07 Å². The van der Waals surface area contributed by atoms with Crippen molar-refractivity contribution in [2.24, 2.45) is 0 Å². The Kier molecular flexibility index (Phi) is 3.56. The van der Waals surface area contributed by atoms with Crippen LogP contribution in [0, 0.1) is 0 Å². The van der Waals surface area contributed by atoms with Crippen LogP contribution >= 0.6 is 0 Å². The van der Waals surface area contributed by atoms with Crippen molar-refractivity contribution in [3.63, 3.8) is 0 Å². The maximum atomic E-state index is 9.62. The lowest BCUT2D eigenvalue weighted by Crippen LogP contribution is -1.94. The highest BCUT2D eigenvalue weighted by Crippen LogP contribution is 2.33. The number of aryl methyl sites for hydroxylation is 2. The van der Waals surface area contributed by atoms with Crippen LogP contribution < -0.4 is 0 Å². The molecule has 0 unspecified atom stereocenters. The van der Waals surface area contributed by atoms with Gasteiger partial charge in [0.2, 0.25) is 0 Å². The molecule has 0 aliphatic rings. The first-order valence-corrected chi connectivity index (χ1v) is 6.29. The normalized spacial score (nSPS) is 10.6. The molecular formula is C16H18O2. The number of hydrogen-bond donors (Lipinski definition) is 2. The fourth-order valence-corrected chi connectivity index (χ4v) is 2.35. The van der Waals surface area contributed by atoms with Crippen molar-refractivity contribution in [2.45, 2.75) is 26.7 Å². The standard InChI is InChI=1S/C16H18O2/c1-3-11-6-5-7-12(4-2)16(11)13-8-14(17)10-15(18)9-13/h5-10,17-18H,3-4H2,1-2H3. The number of rotatable bonds is 3. The minimum atomic E-state index is 0.0953. The molecule has 2 aromatic carbocycles. The third-order valence-corrected chi connectivity index (χ3v) is 3.19. The first-order chi connectivity index (χ1) is 8.65. The van der Waals surface area contributed by atoms with Gasteiger partial charge in [0.15, 0.2) is 0 Å². The zero-order valence-corrected chi connectivity index (χ0v) is 10.8. The third-order valence-electron chi connectivity index (χ3n) is 3.19. The highest BCUT2D eigenvalue weighted by molar-refractivity contribution is 5.73. The van der Waals surface area contributed by atoms with E-state index in [1.165, 1.54) is 17.2 Å². The first-order valence-electron chi connectivity index (χ1n) is 6.29. The SMILES string of the molecule is CCc1cccc(CC)c1-c1cc(O)cc(O)c1. The lowest BCUT2D eigenvalue weighted by Gasteiger charge is -2.14. The van der Waals surface area contributed by atoms with E-state index in [0.717, 1.165) is 24.0 Å². The second-order valence-electron chi connectivity index (χ2n) is 4.40. The van der Waals surface area contributed by atoms with E-state index in [0.29, 0.717) is 0 Å². The summed E-state index contributed by atoms with van der Waals surface area (Å²) in [6.07, 6.45) is 1.86. The van der Waals surface area contributed by atoms with E-state index in [4.69, 9.17) is 0 Å². The van der Waals surface area contributed by atoms with Gasteiger partial charge in [-0.3, -0.25) is 0 Å². The molecule has 0 aliphatic heterocycles. The molecule has 0 aliphatic carbocycles. The lowest BCUT2D eigenvalue weighted by molar-refractivity contribution is 0.451. The topological polar surface area (TPSA) is 40.5 Å². The molecule has 0 atom stereocenters. The second kappa shape index (κ2) is 5.13. The van der Waals surface area contributed by atoms with Crippen molar-refractivity contribution in [2.75, 3.05) is 0 Å². The molecule has 18 heavy (non-hydrogen) atoms. The predicted octanol–water partition coefficient (Wildman–Crippen LogP) is 3.89. The van der Waals surface area contributed by atoms with E-state index in [-0.39, 0.29) is 11.5 Å².